The molecule has 3 nitrogen and oxygen atoms in total. The molecule has 0 aliphatic carbocycles. The van der Waals surface area contributed by atoms with Crippen LogP contribution in [0.3, 0.4) is 0 Å². The second-order valence-corrected chi connectivity index (χ2v) is 4.00. The van der Waals surface area contributed by atoms with Gasteiger partial charge in [0.1, 0.15) is 11.5 Å². The molecule has 3 heteroatoms. The normalized spacial score (nSPS) is 10.3. The monoisotopic (exact) mass is 244 g/mol. The average molecular weight is 244 g/mol. The Balaban J connectivity index is 2.05. The van der Waals surface area contributed by atoms with Gasteiger partial charge in [-0.3, -0.25) is 0 Å². The Morgan fingerprint density at radius 2 is 1.39 bits per heavy atom. The van der Waals surface area contributed by atoms with Crippen molar-refractivity contribution in [3.8, 4) is 22.6 Å². The minimum Gasteiger partial charge on any atom is -0.508 e. The second kappa shape index (κ2) is 6.07. The number of ether oxygens (including phenoxy) is 1. The Hall–Kier alpha value is -2.00. The molecular formula is C15H16O3. The maximum atomic E-state index is 9.23. The number of phenols is 1. The standard InChI is InChI=1S/C15H16O3/c16-10-1-11-18-15-8-4-13(5-9-15)12-2-6-14(17)7-3-12/h2-9,16-17H,1,10-11H2. The van der Waals surface area contributed by atoms with Crippen molar-refractivity contribution in [1.82, 2.24) is 0 Å². The fourth-order valence-corrected chi connectivity index (χ4v) is 1.65. The molecule has 0 radical (unpaired) electrons. The van der Waals surface area contributed by atoms with E-state index in [1.807, 2.05) is 36.4 Å². The van der Waals surface area contributed by atoms with E-state index in [-0.39, 0.29) is 12.4 Å². The van der Waals surface area contributed by atoms with E-state index in [1.165, 1.54) is 0 Å². The van der Waals surface area contributed by atoms with Gasteiger partial charge >= 0.3 is 0 Å². The van der Waals surface area contributed by atoms with E-state index in [1.54, 1.807) is 12.1 Å². The maximum Gasteiger partial charge on any atom is 0.119 e. The molecule has 0 aliphatic rings. The summed E-state index contributed by atoms with van der Waals surface area (Å²) in [4.78, 5) is 0. The molecular weight excluding hydrogens is 228 g/mol. The van der Waals surface area contributed by atoms with Gasteiger partial charge in [-0.05, 0) is 35.4 Å². The van der Waals surface area contributed by atoms with Gasteiger partial charge in [0.05, 0.1) is 6.61 Å². The summed E-state index contributed by atoms with van der Waals surface area (Å²) >= 11 is 0. The van der Waals surface area contributed by atoms with Crippen molar-refractivity contribution in [1.29, 1.82) is 0 Å². The summed E-state index contributed by atoms with van der Waals surface area (Å²) in [6.07, 6.45) is 0.639. The zero-order valence-electron chi connectivity index (χ0n) is 10.0. The third kappa shape index (κ3) is 3.25. The summed E-state index contributed by atoms with van der Waals surface area (Å²) in [5.41, 5.74) is 2.12. The van der Waals surface area contributed by atoms with E-state index < -0.39 is 0 Å². The number of benzene rings is 2. The molecule has 0 amide bonds. The Labute approximate surface area is 106 Å². The maximum absolute atomic E-state index is 9.23. The summed E-state index contributed by atoms with van der Waals surface area (Å²) in [7, 11) is 0. The fourth-order valence-electron chi connectivity index (χ4n) is 1.65. The van der Waals surface area contributed by atoms with Crippen LogP contribution in [0.2, 0.25) is 0 Å². The number of hydrogen-bond donors (Lipinski definition) is 2. The minimum absolute atomic E-state index is 0.144. The third-order valence-corrected chi connectivity index (χ3v) is 2.63. The highest BCUT2D eigenvalue weighted by Gasteiger charge is 1.99. The molecule has 0 saturated carbocycles. The molecule has 2 aromatic carbocycles. The van der Waals surface area contributed by atoms with E-state index in [2.05, 4.69) is 0 Å². The molecule has 0 heterocycles. The van der Waals surface area contributed by atoms with Crippen LogP contribution in [0, 0.1) is 0 Å². The van der Waals surface area contributed by atoms with Crippen LogP contribution in [0.5, 0.6) is 11.5 Å². The van der Waals surface area contributed by atoms with Gasteiger partial charge in [0, 0.05) is 13.0 Å². The van der Waals surface area contributed by atoms with Crippen molar-refractivity contribution in [3.05, 3.63) is 48.5 Å². The van der Waals surface area contributed by atoms with Gasteiger partial charge in [-0.2, -0.15) is 0 Å². The van der Waals surface area contributed by atoms with Crippen LogP contribution in [0.4, 0.5) is 0 Å². The summed E-state index contributed by atoms with van der Waals surface area (Å²) in [5.74, 6) is 1.06. The molecule has 94 valence electrons. The molecule has 0 atom stereocenters. The highest BCUT2D eigenvalue weighted by atomic mass is 16.5. The highest BCUT2D eigenvalue weighted by molar-refractivity contribution is 5.64. The summed E-state index contributed by atoms with van der Waals surface area (Å²) in [6.45, 7) is 0.667. The van der Waals surface area contributed by atoms with Crippen LogP contribution in [0.25, 0.3) is 11.1 Å². The molecule has 0 unspecified atom stereocenters. The van der Waals surface area contributed by atoms with Crippen LogP contribution >= 0.6 is 0 Å². The summed E-state index contributed by atoms with van der Waals surface area (Å²) in [5, 5.41) is 17.9. The van der Waals surface area contributed by atoms with Gasteiger partial charge in [0.25, 0.3) is 0 Å². The average Bonchev–Trinajstić information content (AvgIpc) is 2.41. The van der Waals surface area contributed by atoms with Crippen LogP contribution in [-0.2, 0) is 0 Å². The van der Waals surface area contributed by atoms with Gasteiger partial charge in [0.2, 0.25) is 0 Å². The first-order chi connectivity index (χ1) is 8.79. The van der Waals surface area contributed by atoms with Gasteiger partial charge in [0.15, 0.2) is 0 Å². The SMILES string of the molecule is OCCCOc1ccc(-c2ccc(O)cc2)cc1. The molecule has 0 bridgehead atoms. The van der Waals surface area contributed by atoms with Crippen molar-refractivity contribution in [2.45, 2.75) is 6.42 Å². The molecule has 2 N–H and O–H groups in total. The molecule has 0 aromatic heterocycles. The van der Waals surface area contributed by atoms with Gasteiger partial charge in [-0.15, -0.1) is 0 Å². The summed E-state index contributed by atoms with van der Waals surface area (Å²) < 4.78 is 5.46. The first-order valence-corrected chi connectivity index (χ1v) is 5.93. The van der Waals surface area contributed by atoms with Crippen LogP contribution < -0.4 is 4.74 Å². The molecule has 18 heavy (non-hydrogen) atoms. The van der Waals surface area contributed by atoms with E-state index >= 15 is 0 Å². The predicted octanol–water partition coefficient (Wildman–Crippen LogP) is 2.82. The Morgan fingerprint density at radius 1 is 0.833 bits per heavy atom. The van der Waals surface area contributed by atoms with Crippen LogP contribution in [-0.4, -0.2) is 23.4 Å². The van der Waals surface area contributed by atoms with Gasteiger partial charge < -0.3 is 14.9 Å². The Kier molecular flexibility index (Phi) is 4.20. The van der Waals surface area contributed by atoms with E-state index in [0.717, 1.165) is 16.9 Å². The zero-order chi connectivity index (χ0) is 12.8. The van der Waals surface area contributed by atoms with E-state index in [0.29, 0.717) is 13.0 Å². The van der Waals surface area contributed by atoms with Crippen LogP contribution in [0.1, 0.15) is 6.42 Å². The molecule has 2 rings (SSSR count). The molecule has 0 saturated heterocycles. The second-order valence-electron chi connectivity index (χ2n) is 4.00. The van der Waals surface area contributed by atoms with Crippen LogP contribution in [0.15, 0.2) is 48.5 Å². The first-order valence-electron chi connectivity index (χ1n) is 5.93. The van der Waals surface area contributed by atoms with Gasteiger partial charge in [-0.1, -0.05) is 24.3 Å². The lowest BCUT2D eigenvalue weighted by Gasteiger charge is -2.06. The minimum atomic E-state index is 0.144. The van der Waals surface area contributed by atoms with E-state index in [9.17, 15) is 5.11 Å². The van der Waals surface area contributed by atoms with Crippen molar-refractivity contribution >= 4 is 0 Å². The smallest absolute Gasteiger partial charge is 0.119 e. The highest BCUT2D eigenvalue weighted by Crippen LogP contribution is 2.24. The van der Waals surface area contributed by atoms with E-state index in [4.69, 9.17) is 9.84 Å². The Morgan fingerprint density at radius 3 is 1.94 bits per heavy atom. The lowest BCUT2D eigenvalue weighted by Crippen LogP contribution is -1.99. The number of phenolic OH excluding ortho intramolecular Hbond substituents is 1. The third-order valence-electron chi connectivity index (χ3n) is 2.63. The number of aliphatic hydroxyl groups excluding tert-OH is 1. The lowest BCUT2D eigenvalue weighted by molar-refractivity contribution is 0.233. The van der Waals surface area contributed by atoms with Crippen molar-refractivity contribution < 1.29 is 14.9 Å². The largest absolute Gasteiger partial charge is 0.508 e. The molecule has 2 aromatic rings. The number of hydrogen-bond acceptors (Lipinski definition) is 3. The van der Waals surface area contributed by atoms with Crippen molar-refractivity contribution in [2.75, 3.05) is 13.2 Å². The number of rotatable bonds is 5. The topological polar surface area (TPSA) is 49.7 Å². The predicted molar refractivity (Wildman–Crippen MR) is 70.7 cm³/mol. The first kappa shape index (κ1) is 12.5. The van der Waals surface area contributed by atoms with Crippen molar-refractivity contribution in [2.24, 2.45) is 0 Å². The zero-order valence-corrected chi connectivity index (χ0v) is 10.0. The molecule has 0 fully saturated rings. The number of aliphatic hydroxyl groups is 1. The Bertz CT molecular complexity index is 474. The molecule has 0 spiro atoms. The quantitative estimate of drug-likeness (QED) is 0.795. The number of aromatic hydroxyl groups is 1. The van der Waals surface area contributed by atoms with Gasteiger partial charge in [-0.25, -0.2) is 0 Å². The fraction of sp³-hybridized carbons (Fsp3) is 0.200. The lowest BCUT2D eigenvalue weighted by atomic mass is 10.1. The van der Waals surface area contributed by atoms with Crippen molar-refractivity contribution in [3.63, 3.8) is 0 Å². The summed E-state index contributed by atoms with van der Waals surface area (Å²) in [6, 6.07) is 14.8. The molecule has 0 aliphatic heterocycles.